The Hall–Kier alpha value is -2.30. The number of hydrogen-bond donors (Lipinski definition) is 0. The molecular weight excluding hydrogens is 270 g/mol. The number of nitrogens with zero attached hydrogens (tertiary/aromatic N) is 1. The standard InChI is InChI=1S/C16H17NO4/c1-20-10-13-9-17(16(19)21-13)12-6-7-14-11(8-12)4-2-3-5-15(14)18/h6-8,10H,2-5,9H2,1H3/b13-10-. The number of hydrogen-bond acceptors (Lipinski definition) is 4. The van der Waals surface area contributed by atoms with E-state index in [1.807, 2.05) is 12.1 Å². The Morgan fingerprint density at radius 3 is 2.86 bits per heavy atom. The summed E-state index contributed by atoms with van der Waals surface area (Å²) in [4.78, 5) is 25.5. The van der Waals surface area contributed by atoms with Crippen molar-refractivity contribution < 1.29 is 19.1 Å². The summed E-state index contributed by atoms with van der Waals surface area (Å²) in [5.74, 6) is 0.673. The number of cyclic esters (lactones) is 1. The Labute approximate surface area is 123 Å². The number of aryl methyl sites for hydroxylation is 1. The highest BCUT2D eigenvalue weighted by atomic mass is 16.6. The summed E-state index contributed by atoms with van der Waals surface area (Å²) >= 11 is 0. The molecule has 21 heavy (non-hydrogen) atoms. The summed E-state index contributed by atoms with van der Waals surface area (Å²) in [6.07, 6.45) is 4.41. The van der Waals surface area contributed by atoms with Gasteiger partial charge in [0.25, 0.3) is 0 Å². The van der Waals surface area contributed by atoms with Crippen molar-refractivity contribution in [3.05, 3.63) is 41.3 Å². The summed E-state index contributed by atoms with van der Waals surface area (Å²) in [7, 11) is 1.51. The molecule has 0 bridgehead atoms. The number of methoxy groups -OCH3 is 1. The Morgan fingerprint density at radius 2 is 2.05 bits per heavy atom. The summed E-state index contributed by atoms with van der Waals surface area (Å²) in [6.45, 7) is 0.347. The van der Waals surface area contributed by atoms with Gasteiger partial charge in [-0.1, -0.05) is 0 Å². The number of fused-ring (bicyclic) bond motifs is 1. The van der Waals surface area contributed by atoms with Gasteiger partial charge in [0.15, 0.2) is 11.5 Å². The largest absolute Gasteiger partial charge is 0.501 e. The van der Waals surface area contributed by atoms with Crippen LogP contribution < -0.4 is 4.90 Å². The zero-order chi connectivity index (χ0) is 14.8. The summed E-state index contributed by atoms with van der Waals surface area (Å²) in [5.41, 5.74) is 2.57. The quantitative estimate of drug-likeness (QED) is 0.619. The molecule has 1 aliphatic heterocycles. The Balaban J connectivity index is 1.90. The molecule has 0 atom stereocenters. The van der Waals surface area contributed by atoms with Gasteiger partial charge >= 0.3 is 6.09 Å². The number of ether oxygens (including phenoxy) is 2. The third kappa shape index (κ3) is 2.63. The fraction of sp³-hybridized carbons (Fsp3) is 0.375. The molecule has 110 valence electrons. The molecule has 1 fully saturated rings. The molecule has 0 saturated carbocycles. The van der Waals surface area contributed by atoms with Crippen LogP contribution in [0.2, 0.25) is 0 Å². The number of carbonyl (C=O) groups excluding carboxylic acids is 2. The molecule has 1 saturated heterocycles. The minimum Gasteiger partial charge on any atom is -0.501 e. The van der Waals surface area contributed by atoms with Crippen molar-refractivity contribution in [2.45, 2.75) is 25.7 Å². The smallest absolute Gasteiger partial charge is 0.420 e. The van der Waals surface area contributed by atoms with E-state index in [2.05, 4.69) is 0 Å². The van der Waals surface area contributed by atoms with E-state index in [1.165, 1.54) is 13.4 Å². The maximum absolute atomic E-state index is 12.0. The van der Waals surface area contributed by atoms with Gasteiger partial charge in [0.2, 0.25) is 0 Å². The van der Waals surface area contributed by atoms with Gasteiger partial charge in [0.1, 0.15) is 6.26 Å². The van der Waals surface area contributed by atoms with Crippen LogP contribution in [-0.2, 0) is 15.9 Å². The number of carbonyl (C=O) groups is 2. The third-order valence-corrected chi connectivity index (χ3v) is 3.80. The van der Waals surface area contributed by atoms with E-state index in [-0.39, 0.29) is 5.78 Å². The molecule has 2 aliphatic rings. The molecule has 1 heterocycles. The lowest BCUT2D eigenvalue weighted by Gasteiger charge is -2.14. The monoisotopic (exact) mass is 287 g/mol. The Bertz CT molecular complexity index is 621. The van der Waals surface area contributed by atoms with Gasteiger partial charge in [-0.15, -0.1) is 0 Å². The van der Waals surface area contributed by atoms with E-state index >= 15 is 0 Å². The van der Waals surface area contributed by atoms with Crippen LogP contribution in [0.3, 0.4) is 0 Å². The number of Topliss-reactive ketones (excluding diaryl/α,β-unsaturated/α-hetero) is 1. The van der Waals surface area contributed by atoms with Crippen LogP contribution in [0.15, 0.2) is 30.2 Å². The van der Waals surface area contributed by atoms with Crippen molar-refractivity contribution in [3.8, 4) is 0 Å². The third-order valence-electron chi connectivity index (χ3n) is 3.80. The lowest BCUT2D eigenvalue weighted by atomic mass is 10.0. The first-order valence-corrected chi connectivity index (χ1v) is 7.06. The number of rotatable bonds is 2. The molecule has 1 aromatic carbocycles. The van der Waals surface area contributed by atoms with Crippen LogP contribution in [0, 0.1) is 0 Å². The van der Waals surface area contributed by atoms with E-state index < -0.39 is 6.09 Å². The first kappa shape index (κ1) is 13.7. The maximum atomic E-state index is 12.0. The first-order valence-electron chi connectivity index (χ1n) is 7.06. The summed E-state index contributed by atoms with van der Waals surface area (Å²) < 4.78 is 9.98. The molecule has 1 aliphatic carbocycles. The van der Waals surface area contributed by atoms with Crippen molar-refractivity contribution >= 4 is 17.6 Å². The van der Waals surface area contributed by atoms with Crippen LogP contribution in [0.5, 0.6) is 0 Å². The lowest BCUT2D eigenvalue weighted by molar-refractivity contribution is 0.0982. The van der Waals surface area contributed by atoms with E-state index in [0.29, 0.717) is 18.7 Å². The molecule has 3 rings (SSSR count). The molecule has 5 nitrogen and oxygen atoms in total. The molecule has 0 aromatic heterocycles. The van der Waals surface area contributed by atoms with Crippen molar-refractivity contribution in [2.24, 2.45) is 0 Å². The van der Waals surface area contributed by atoms with Crippen LogP contribution in [0.25, 0.3) is 0 Å². The molecule has 0 spiro atoms. The zero-order valence-corrected chi connectivity index (χ0v) is 11.9. The average molecular weight is 287 g/mol. The topological polar surface area (TPSA) is 55.8 Å². The minimum atomic E-state index is -0.418. The second kappa shape index (κ2) is 5.60. The summed E-state index contributed by atoms with van der Waals surface area (Å²) in [6, 6.07) is 5.55. The molecule has 0 radical (unpaired) electrons. The van der Waals surface area contributed by atoms with Gasteiger partial charge in [-0.2, -0.15) is 0 Å². The molecule has 0 N–H and O–H groups in total. The predicted octanol–water partition coefficient (Wildman–Crippen LogP) is 3.04. The van der Waals surface area contributed by atoms with E-state index in [4.69, 9.17) is 9.47 Å². The van der Waals surface area contributed by atoms with E-state index in [9.17, 15) is 9.59 Å². The maximum Gasteiger partial charge on any atom is 0.420 e. The Morgan fingerprint density at radius 1 is 1.24 bits per heavy atom. The zero-order valence-electron chi connectivity index (χ0n) is 11.9. The van der Waals surface area contributed by atoms with Crippen LogP contribution in [0.4, 0.5) is 10.5 Å². The molecule has 5 heteroatoms. The van der Waals surface area contributed by atoms with Crippen molar-refractivity contribution in [3.63, 3.8) is 0 Å². The van der Waals surface area contributed by atoms with Crippen molar-refractivity contribution in [1.82, 2.24) is 0 Å². The lowest BCUT2D eigenvalue weighted by Crippen LogP contribution is -2.23. The number of ketones is 1. The van der Waals surface area contributed by atoms with Gasteiger partial charge in [-0.3, -0.25) is 9.69 Å². The van der Waals surface area contributed by atoms with Gasteiger partial charge in [-0.05, 0) is 43.0 Å². The fourth-order valence-corrected chi connectivity index (χ4v) is 2.77. The SMILES string of the molecule is CO/C=C1/CN(c2ccc3c(c2)CCCCC3=O)C(=O)O1. The molecule has 0 unspecified atom stereocenters. The van der Waals surface area contributed by atoms with Gasteiger partial charge in [0, 0.05) is 17.7 Å². The second-order valence-electron chi connectivity index (χ2n) is 5.25. The van der Waals surface area contributed by atoms with E-state index in [1.54, 1.807) is 11.0 Å². The van der Waals surface area contributed by atoms with Crippen LogP contribution in [0.1, 0.15) is 35.2 Å². The van der Waals surface area contributed by atoms with Crippen LogP contribution in [-0.4, -0.2) is 25.5 Å². The predicted molar refractivity (Wildman–Crippen MR) is 77.2 cm³/mol. The highest BCUT2D eigenvalue weighted by Crippen LogP contribution is 2.28. The average Bonchev–Trinajstić information content (AvgIpc) is 2.73. The highest BCUT2D eigenvalue weighted by Gasteiger charge is 2.29. The highest BCUT2D eigenvalue weighted by molar-refractivity contribution is 5.99. The second-order valence-corrected chi connectivity index (χ2v) is 5.25. The van der Waals surface area contributed by atoms with Crippen LogP contribution >= 0.6 is 0 Å². The van der Waals surface area contributed by atoms with Gasteiger partial charge in [-0.25, -0.2) is 4.79 Å². The Kier molecular flexibility index (Phi) is 3.64. The number of amides is 1. The molecule has 1 aromatic rings. The normalized spacial score (nSPS) is 20.2. The summed E-state index contributed by atoms with van der Waals surface area (Å²) in [5, 5.41) is 0. The molecular formula is C16H17NO4. The van der Waals surface area contributed by atoms with Gasteiger partial charge < -0.3 is 9.47 Å². The first-order chi connectivity index (χ1) is 10.2. The van der Waals surface area contributed by atoms with Crippen molar-refractivity contribution in [1.29, 1.82) is 0 Å². The van der Waals surface area contributed by atoms with E-state index in [0.717, 1.165) is 36.1 Å². The molecule has 1 amide bonds. The fourth-order valence-electron chi connectivity index (χ4n) is 2.77. The number of anilines is 1. The van der Waals surface area contributed by atoms with Crippen molar-refractivity contribution in [2.75, 3.05) is 18.6 Å². The minimum absolute atomic E-state index is 0.193. The van der Waals surface area contributed by atoms with Gasteiger partial charge in [0.05, 0.1) is 13.7 Å². The number of benzene rings is 1.